The molecule has 2 aliphatic heterocycles. The molecule has 0 bridgehead atoms. The van der Waals surface area contributed by atoms with Crippen LogP contribution in [-0.4, -0.2) is 53.7 Å². The van der Waals surface area contributed by atoms with E-state index in [9.17, 15) is 8.42 Å². The fourth-order valence-electron chi connectivity index (χ4n) is 3.88. The van der Waals surface area contributed by atoms with Crippen molar-refractivity contribution in [2.24, 2.45) is 7.05 Å². The van der Waals surface area contributed by atoms with E-state index < -0.39 is 10.0 Å². The van der Waals surface area contributed by atoms with Crippen LogP contribution in [0.4, 0.5) is 5.82 Å². The highest BCUT2D eigenvalue weighted by Crippen LogP contribution is 2.30. The lowest BCUT2D eigenvalue weighted by atomic mass is 9.91. The van der Waals surface area contributed by atoms with Gasteiger partial charge in [0.15, 0.2) is 0 Å². The zero-order valence-corrected chi connectivity index (χ0v) is 15.9. The monoisotopic (exact) mass is 375 g/mol. The summed E-state index contributed by atoms with van der Waals surface area (Å²) in [7, 11) is -1.44. The van der Waals surface area contributed by atoms with E-state index >= 15 is 0 Å². The summed E-state index contributed by atoms with van der Waals surface area (Å²) >= 11 is 0. The molecule has 0 N–H and O–H groups in total. The Bertz CT molecular complexity index is 848. The van der Waals surface area contributed by atoms with Crippen molar-refractivity contribution in [2.45, 2.75) is 36.5 Å². The Labute approximate surface area is 154 Å². The molecule has 0 amide bonds. The standard InChI is InChI=1S/C18H25N5O2S/c1-21-14-16(12-20-21)15-6-10-22(11-7-15)18-5-4-17(13-19-18)26(24,25)23-8-2-3-9-23/h4-5,12-15H,2-3,6-11H2,1H3. The second kappa shape index (κ2) is 7.00. The number of anilines is 1. The highest BCUT2D eigenvalue weighted by molar-refractivity contribution is 7.89. The molecule has 0 aliphatic carbocycles. The van der Waals surface area contributed by atoms with Gasteiger partial charge in [0.25, 0.3) is 0 Å². The van der Waals surface area contributed by atoms with Gasteiger partial charge in [0.1, 0.15) is 10.7 Å². The Morgan fingerprint density at radius 2 is 1.77 bits per heavy atom. The van der Waals surface area contributed by atoms with E-state index in [-0.39, 0.29) is 0 Å². The summed E-state index contributed by atoms with van der Waals surface area (Å²) in [6.45, 7) is 3.08. The van der Waals surface area contributed by atoms with Crippen LogP contribution in [0.2, 0.25) is 0 Å². The predicted octanol–water partition coefficient (Wildman–Crippen LogP) is 1.98. The molecule has 0 aromatic carbocycles. The SMILES string of the molecule is Cn1cc(C2CCN(c3ccc(S(=O)(=O)N4CCCC4)cn3)CC2)cn1. The minimum atomic E-state index is -3.39. The number of piperidine rings is 1. The minimum absolute atomic E-state index is 0.299. The fraction of sp³-hybridized carbons (Fsp3) is 0.556. The normalized spacial score (nSPS) is 20.0. The van der Waals surface area contributed by atoms with Crippen molar-refractivity contribution in [2.75, 3.05) is 31.1 Å². The summed E-state index contributed by atoms with van der Waals surface area (Å²) in [5.74, 6) is 1.39. The lowest BCUT2D eigenvalue weighted by molar-refractivity contribution is 0.477. The Hall–Kier alpha value is -1.93. The fourth-order valence-corrected chi connectivity index (χ4v) is 5.35. The number of rotatable bonds is 4. The molecule has 0 radical (unpaired) electrons. The van der Waals surface area contributed by atoms with Gasteiger partial charge >= 0.3 is 0 Å². The molecule has 2 saturated heterocycles. The highest BCUT2D eigenvalue weighted by atomic mass is 32.2. The van der Waals surface area contributed by atoms with Gasteiger partial charge in [-0.2, -0.15) is 9.40 Å². The van der Waals surface area contributed by atoms with Crippen molar-refractivity contribution in [1.29, 1.82) is 0 Å². The molecule has 2 aromatic rings. The topological polar surface area (TPSA) is 71.3 Å². The summed E-state index contributed by atoms with van der Waals surface area (Å²) in [4.78, 5) is 6.98. The Kier molecular flexibility index (Phi) is 4.71. The maximum absolute atomic E-state index is 12.6. The van der Waals surface area contributed by atoms with Gasteiger partial charge in [0.05, 0.1) is 6.20 Å². The molecule has 0 unspecified atom stereocenters. The van der Waals surface area contributed by atoms with Crippen molar-refractivity contribution in [3.63, 3.8) is 0 Å². The van der Waals surface area contributed by atoms with E-state index in [0.29, 0.717) is 23.9 Å². The third-order valence-corrected chi connectivity index (χ3v) is 7.32. The van der Waals surface area contributed by atoms with Gasteiger partial charge in [0, 0.05) is 45.6 Å². The van der Waals surface area contributed by atoms with Crippen LogP contribution in [0.1, 0.15) is 37.2 Å². The van der Waals surface area contributed by atoms with Crippen LogP contribution in [0.15, 0.2) is 35.6 Å². The van der Waals surface area contributed by atoms with Crippen molar-refractivity contribution >= 4 is 15.8 Å². The lowest BCUT2D eigenvalue weighted by Gasteiger charge is -2.32. The van der Waals surface area contributed by atoms with E-state index in [4.69, 9.17) is 0 Å². The smallest absolute Gasteiger partial charge is 0.244 e. The first kappa shape index (κ1) is 17.5. The molecule has 2 fully saturated rings. The molecule has 8 heteroatoms. The second-order valence-electron chi connectivity index (χ2n) is 7.17. The van der Waals surface area contributed by atoms with Crippen LogP contribution in [0.5, 0.6) is 0 Å². The van der Waals surface area contributed by atoms with Gasteiger partial charge in [-0.25, -0.2) is 13.4 Å². The summed E-state index contributed by atoms with van der Waals surface area (Å²) < 4.78 is 28.6. The van der Waals surface area contributed by atoms with Gasteiger partial charge < -0.3 is 4.90 Å². The average Bonchev–Trinajstić information content (AvgIpc) is 3.34. The molecule has 0 atom stereocenters. The number of pyridine rings is 1. The highest BCUT2D eigenvalue weighted by Gasteiger charge is 2.28. The third kappa shape index (κ3) is 3.35. The quantitative estimate of drug-likeness (QED) is 0.817. The van der Waals surface area contributed by atoms with E-state index in [2.05, 4.69) is 21.2 Å². The number of hydrogen-bond donors (Lipinski definition) is 0. The maximum atomic E-state index is 12.6. The molecule has 2 aliphatic rings. The van der Waals surface area contributed by atoms with Gasteiger partial charge in [0.2, 0.25) is 10.0 Å². The van der Waals surface area contributed by atoms with Crippen molar-refractivity contribution in [1.82, 2.24) is 19.1 Å². The number of hydrogen-bond acceptors (Lipinski definition) is 5. The Morgan fingerprint density at radius 1 is 1.04 bits per heavy atom. The van der Waals surface area contributed by atoms with Crippen LogP contribution in [0.3, 0.4) is 0 Å². The Morgan fingerprint density at radius 3 is 2.35 bits per heavy atom. The summed E-state index contributed by atoms with van der Waals surface area (Å²) in [6, 6.07) is 3.54. The van der Waals surface area contributed by atoms with Crippen LogP contribution < -0.4 is 4.90 Å². The number of aryl methyl sites for hydroxylation is 1. The Balaban J connectivity index is 1.41. The summed E-state index contributed by atoms with van der Waals surface area (Å²) in [5.41, 5.74) is 1.30. The molecular formula is C18H25N5O2S. The molecule has 26 heavy (non-hydrogen) atoms. The molecule has 0 spiro atoms. The zero-order chi connectivity index (χ0) is 18.1. The maximum Gasteiger partial charge on any atom is 0.244 e. The molecule has 4 heterocycles. The van der Waals surface area contributed by atoms with E-state index in [1.165, 1.54) is 11.8 Å². The van der Waals surface area contributed by atoms with E-state index in [1.54, 1.807) is 10.4 Å². The van der Waals surface area contributed by atoms with Crippen molar-refractivity contribution < 1.29 is 8.42 Å². The molecule has 140 valence electrons. The summed E-state index contributed by atoms with van der Waals surface area (Å²) in [5, 5.41) is 4.26. The van der Waals surface area contributed by atoms with Gasteiger partial charge in [-0.15, -0.1) is 0 Å². The number of aromatic nitrogens is 3. The summed E-state index contributed by atoms with van der Waals surface area (Å²) in [6.07, 6.45) is 9.55. The molecule has 2 aromatic heterocycles. The number of sulfonamides is 1. The van der Waals surface area contributed by atoms with E-state index in [0.717, 1.165) is 44.6 Å². The first-order valence-corrected chi connectivity index (χ1v) is 10.7. The van der Waals surface area contributed by atoms with Crippen molar-refractivity contribution in [3.8, 4) is 0 Å². The zero-order valence-electron chi connectivity index (χ0n) is 15.1. The van der Waals surface area contributed by atoms with Gasteiger partial charge in [-0.05, 0) is 49.3 Å². The molecule has 0 saturated carbocycles. The second-order valence-corrected chi connectivity index (χ2v) is 9.11. The lowest BCUT2D eigenvalue weighted by Crippen LogP contribution is -2.33. The van der Waals surface area contributed by atoms with Crippen LogP contribution in [-0.2, 0) is 17.1 Å². The van der Waals surface area contributed by atoms with E-state index in [1.807, 2.05) is 24.0 Å². The van der Waals surface area contributed by atoms with Gasteiger partial charge in [-0.1, -0.05) is 0 Å². The van der Waals surface area contributed by atoms with Crippen LogP contribution in [0.25, 0.3) is 0 Å². The average molecular weight is 375 g/mol. The van der Waals surface area contributed by atoms with Crippen LogP contribution in [0, 0.1) is 0 Å². The molecule has 4 rings (SSSR count). The van der Waals surface area contributed by atoms with Gasteiger partial charge in [-0.3, -0.25) is 4.68 Å². The third-order valence-electron chi connectivity index (χ3n) is 5.44. The predicted molar refractivity (Wildman–Crippen MR) is 99.6 cm³/mol. The van der Waals surface area contributed by atoms with Crippen molar-refractivity contribution in [3.05, 3.63) is 36.3 Å². The largest absolute Gasteiger partial charge is 0.357 e. The first-order valence-electron chi connectivity index (χ1n) is 9.24. The van der Waals surface area contributed by atoms with Crippen LogP contribution >= 0.6 is 0 Å². The minimum Gasteiger partial charge on any atom is -0.357 e. The molecule has 7 nitrogen and oxygen atoms in total. The number of nitrogens with zero attached hydrogens (tertiary/aromatic N) is 5. The first-order chi connectivity index (χ1) is 12.5. The molecular weight excluding hydrogens is 350 g/mol.